The lowest BCUT2D eigenvalue weighted by Crippen LogP contribution is -2.46. The van der Waals surface area contributed by atoms with Gasteiger partial charge in [0.15, 0.2) is 0 Å². The van der Waals surface area contributed by atoms with E-state index in [2.05, 4.69) is 0 Å². The number of carboxylic acid groups (broad SMARTS) is 1. The molecule has 0 unspecified atom stereocenters. The van der Waals surface area contributed by atoms with E-state index in [1.165, 1.54) is 0 Å². The van der Waals surface area contributed by atoms with Gasteiger partial charge in [0.05, 0.1) is 5.41 Å². The van der Waals surface area contributed by atoms with Gasteiger partial charge in [-0.25, -0.2) is 4.79 Å². The molecule has 1 N–H and O–H groups in total. The van der Waals surface area contributed by atoms with Crippen molar-refractivity contribution in [2.45, 2.75) is 32.8 Å². The third-order valence-corrected chi connectivity index (χ3v) is 4.31. The molecule has 1 amide bonds. The van der Waals surface area contributed by atoms with Crippen LogP contribution in [0.3, 0.4) is 0 Å². The molecule has 0 spiro atoms. The van der Waals surface area contributed by atoms with Gasteiger partial charge in [-0.3, -0.25) is 4.79 Å². The molecule has 1 aromatic carbocycles. The van der Waals surface area contributed by atoms with Crippen molar-refractivity contribution < 1.29 is 19.4 Å². The standard InChI is InChI=1S/C16H21NO4/c1-2-16(14(18)19)8-10-17(11-9-16)15(20)21-12-13-6-4-3-5-7-13/h3-7H,2,8-12H2,1H3,(H,18,19). The van der Waals surface area contributed by atoms with Gasteiger partial charge in [0.25, 0.3) is 0 Å². The van der Waals surface area contributed by atoms with Crippen LogP contribution in [-0.4, -0.2) is 35.2 Å². The second-order valence-corrected chi connectivity index (χ2v) is 5.47. The topological polar surface area (TPSA) is 66.8 Å². The van der Waals surface area contributed by atoms with Crippen molar-refractivity contribution in [3.8, 4) is 0 Å². The Kier molecular flexibility index (Phi) is 4.83. The fraction of sp³-hybridized carbons (Fsp3) is 0.500. The predicted molar refractivity (Wildman–Crippen MR) is 77.8 cm³/mol. The lowest BCUT2D eigenvalue weighted by Gasteiger charge is -2.37. The number of carboxylic acids is 1. The molecule has 0 radical (unpaired) electrons. The van der Waals surface area contributed by atoms with Gasteiger partial charge in [0.1, 0.15) is 6.61 Å². The number of hydrogen-bond acceptors (Lipinski definition) is 3. The summed E-state index contributed by atoms with van der Waals surface area (Å²) in [6.45, 7) is 3.01. The summed E-state index contributed by atoms with van der Waals surface area (Å²) in [5.74, 6) is -0.762. The quantitative estimate of drug-likeness (QED) is 0.926. The van der Waals surface area contributed by atoms with Crippen molar-refractivity contribution in [2.24, 2.45) is 5.41 Å². The summed E-state index contributed by atoms with van der Waals surface area (Å²) in [4.78, 5) is 25.0. The molecule has 0 aromatic heterocycles. The van der Waals surface area contributed by atoms with Crippen LogP contribution in [0.15, 0.2) is 30.3 Å². The summed E-state index contributed by atoms with van der Waals surface area (Å²) in [7, 11) is 0. The highest BCUT2D eigenvalue weighted by Gasteiger charge is 2.41. The number of nitrogens with zero attached hydrogens (tertiary/aromatic N) is 1. The lowest BCUT2D eigenvalue weighted by atomic mass is 9.76. The van der Waals surface area contributed by atoms with Gasteiger partial charge >= 0.3 is 12.1 Å². The van der Waals surface area contributed by atoms with E-state index in [-0.39, 0.29) is 12.7 Å². The number of rotatable bonds is 4. The van der Waals surface area contributed by atoms with Crippen LogP contribution in [0.1, 0.15) is 31.7 Å². The SMILES string of the molecule is CCC1(C(=O)O)CCN(C(=O)OCc2ccccc2)CC1. The van der Waals surface area contributed by atoms with E-state index in [0.717, 1.165) is 5.56 Å². The van der Waals surface area contributed by atoms with Crippen LogP contribution >= 0.6 is 0 Å². The molecule has 1 aliphatic rings. The number of piperidine rings is 1. The first-order valence-electron chi connectivity index (χ1n) is 7.26. The van der Waals surface area contributed by atoms with Crippen molar-refractivity contribution in [3.05, 3.63) is 35.9 Å². The van der Waals surface area contributed by atoms with Gasteiger partial charge in [-0.2, -0.15) is 0 Å². The first kappa shape index (κ1) is 15.4. The average Bonchev–Trinajstić information content (AvgIpc) is 2.53. The highest BCUT2D eigenvalue weighted by Crippen LogP contribution is 2.35. The smallest absolute Gasteiger partial charge is 0.410 e. The predicted octanol–water partition coefficient (Wildman–Crippen LogP) is 2.90. The minimum absolute atomic E-state index is 0.244. The lowest BCUT2D eigenvalue weighted by molar-refractivity contribution is -0.152. The molecule has 1 aliphatic heterocycles. The number of benzene rings is 1. The summed E-state index contributed by atoms with van der Waals surface area (Å²) < 4.78 is 5.27. The second kappa shape index (κ2) is 6.61. The normalized spacial score (nSPS) is 17.3. The fourth-order valence-corrected chi connectivity index (χ4v) is 2.65. The Labute approximate surface area is 124 Å². The zero-order chi connectivity index (χ0) is 15.3. The Morgan fingerprint density at radius 3 is 2.38 bits per heavy atom. The minimum atomic E-state index is -0.762. The number of ether oxygens (including phenoxy) is 1. The van der Waals surface area contributed by atoms with Crippen LogP contribution in [0.25, 0.3) is 0 Å². The van der Waals surface area contributed by atoms with Crippen molar-refractivity contribution in [2.75, 3.05) is 13.1 Å². The zero-order valence-electron chi connectivity index (χ0n) is 12.2. The minimum Gasteiger partial charge on any atom is -0.481 e. The Hall–Kier alpha value is -2.04. The molecule has 0 atom stereocenters. The van der Waals surface area contributed by atoms with Crippen LogP contribution in [0.2, 0.25) is 0 Å². The van der Waals surface area contributed by atoms with Gasteiger partial charge in [0, 0.05) is 13.1 Å². The maximum Gasteiger partial charge on any atom is 0.410 e. The molecule has 21 heavy (non-hydrogen) atoms. The molecule has 0 aliphatic carbocycles. The van der Waals surface area contributed by atoms with Crippen molar-refractivity contribution in [3.63, 3.8) is 0 Å². The average molecular weight is 291 g/mol. The highest BCUT2D eigenvalue weighted by atomic mass is 16.6. The van der Waals surface area contributed by atoms with Crippen molar-refractivity contribution in [1.82, 2.24) is 4.90 Å². The van der Waals surface area contributed by atoms with Crippen LogP contribution in [-0.2, 0) is 16.1 Å². The molecule has 114 valence electrons. The van der Waals surface area contributed by atoms with Gasteiger partial charge in [-0.05, 0) is 24.8 Å². The number of amides is 1. The molecular weight excluding hydrogens is 270 g/mol. The zero-order valence-corrected chi connectivity index (χ0v) is 12.2. The summed E-state index contributed by atoms with van der Waals surface area (Å²) in [5, 5.41) is 9.33. The largest absolute Gasteiger partial charge is 0.481 e. The molecule has 1 aromatic rings. The second-order valence-electron chi connectivity index (χ2n) is 5.47. The summed E-state index contributed by atoms with van der Waals surface area (Å²) in [6.07, 6.45) is 1.20. The molecule has 2 rings (SSSR count). The van der Waals surface area contributed by atoms with Crippen molar-refractivity contribution >= 4 is 12.1 Å². The summed E-state index contributed by atoms with van der Waals surface area (Å²) in [6, 6.07) is 9.50. The van der Waals surface area contributed by atoms with Gasteiger partial charge < -0.3 is 14.7 Å². The number of hydrogen-bond donors (Lipinski definition) is 1. The van der Waals surface area contributed by atoms with Gasteiger partial charge in [0.2, 0.25) is 0 Å². The first-order chi connectivity index (χ1) is 10.1. The number of carbonyl (C=O) groups is 2. The van der Waals surface area contributed by atoms with Crippen LogP contribution in [0.5, 0.6) is 0 Å². The van der Waals surface area contributed by atoms with E-state index in [1.54, 1.807) is 4.90 Å². The van der Waals surface area contributed by atoms with E-state index >= 15 is 0 Å². The maximum atomic E-state index is 12.0. The molecule has 0 saturated carbocycles. The molecule has 1 fully saturated rings. The van der Waals surface area contributed by atoms with Crippen LogP contribution < -0.4 is 0 Å². The molecule has 0 bridgehead atoms. The van der Waals surface area contributed by atoms with E-state index in [0.29, 0.717) is 32.4 Å². The summed E-state index contributed by atoms with van der Waals surface area (Å²) >= 11 is 0. The van der Waals surface area contributed by atoms with Gasteiger partial charge in [-0.15, -0.1) is 0 Å². The number of aliphatic carboxylic acids is 1. The molecule has 1 saturated heterocycles. The van der Waals surface area contributed by atoms with Crippen molar-refractivity contribution in [1.29, 1.82) is 0 Å². The molecule has 5 heteroatoms. The number of carbonyl (C=O) groups excluding carboxylic acids is 1. The molecule has 5 nitrogen and oxygen atoms in total. The van der Waals surface area contributed by atoms with E-state index < -0.39 is 11.4 Å². The molecular formula is C16H21NO4. The Morgan fingerprint density at radius 1 is 1.24 bits per heavy atom. The Bertz CT molecular complexity index is 492. The Morgan fingerprint density at radius 2 is 1.86 bits per heavy atom. The van der Waals surface area contributed by atoms with Crippen LogP contribution in [0, 0.1) is 5.41 Å². The van der Waals surface area contributed by atoms with Gasteiger partial charge in [-0.1, -0.05) is 37.3 Å². The Balaban J connectivity index is 1.84. The van der Waals surface area contributed by atoms with E-state index in [4.69, 9.17) is 4.74 Å². The monoisotopic (exact) mass is 291 g/mol. The van der Waals surface area contributed by atoms with E-state index in [9.17, 15) is 14.7 Å². The third kappa shape index (κ3) is 3.54. The first-order valence-corrected chi connectivity index (χ1v) is 7.26. The summed E-state index contributed by atoms with van der Waals surface area (Å²) in [5.41, 5.74) is 0.257. The maximum absolute atomic E-state index is 12.0. The third-order valence-electron chi connectivity index (χ3n) is 4.31. The highest BCUT2D eigenvalue weighted by molar-refractivity contribution is 5.75. The fourth-order valence-electron chi connectivity index (χ4n) is 2.65. The number of likely N-dealkylation sites (tertiary alicyclic amines) is 1. The van der Waals surface area contributed by atoms with Crippen LogP contribution in [0.4, 0.5) is 4.79 Å². The molecule has 1 heterocycles. The van der Waals surface area contributed by atoms with E-state index in [1.807, 2.05) is 37.3 Å².